The Morgan fingerprint density at radius 2 is 1.92 bits per heavy atom. The van der Waals surface area contributed by atoms with Crippen LogP contribution >= 0.6 is 0 Å². The van der Waals surface area contributed by atoms with Crippen LogP contribution in [-0.4, -0.2) is 26.8 Å². The van der Waals surface area contributed by atoms with Gasteiger partial charge in [-0.25, -0.2) is 4.79 Å². The first-order chi connectivity index (χ1) is 11.5. The predicted octanol–water partition coefficient (Wildman–Crippen LogP) is 2.39. The summed E-state index contributed by atoms with van der Waals surface area (Å²) >= 11 is 0. The predicted molar refractivity (Wildman–Crippen MR) is 88.9 cm³/mol. The number of rotatable bonds is 4. The smallest absolute Gasteiger partial charge is 0.330 e. The number of carbonyl (C=O) groups excluding carboxylic acids is 1. The number of hydrogen-bond acceptors (Lipinski definition) is 3. The molecule has 6 heteroatoms. The first-order valence-corrected chi connectivity index (χ1v) is 8.12. The van der Waals surface area contributed by atoms with E-state index in [0.717, 1.165) is 42.6 Å². The van der Waals surface area contributed by atoms with Crippen LogP contribution < -0.4 is 5.32 Å². The van der Waals surface area contributed by atoms with Crippen LogP contribution in [0.5, 0.6) is 0 Å². The van der Waals surface area contributed by atoms with Crippen molar-refractivity contribution >= 4 is 11.9 Å². The lowest BCUT2D eigenvalue weighted by Crippen LogP contribution is -2.34. The number of nitrogens with zero attached hydrogens (tertiary/aromatic N) is 2. The molecule has 2 N–H and O–H groups in total. The molecule has 0 saturated carbocycles. The molecule has 0 bridgehead atoms. The Bertz CT molecular complexity index is 775. The van der Waals surface area contributed by atoms with Crippen LogP contribution in [0.3, 0.4) is 0 Å². The summed E-state index contributed by atoms with van der Waals surface area (Å²) in [5, 5.41) is 16.4. The zero-order valence-electron chi connectivity index (χ0n) is 13.9. The van der Waals surface area contributed by atoms with Crippen molar-refractivity contribution in [2.24, 2.45) is 0 Å². The van der Waals surface area contributed by atoms with E-state index in [0.29, 0.717) is 11.1 Å². The van der Waals surface area contributed by atoms with Gasteiger partial charge >= 0.3 is 5.97 Å². The number of hydrogen-bond donors (Lipinski definition) is 2. The monoisotopic (exact) mass is 327 g/mol. The van der Waals surface area contributed by atoms with Gasteiger partial charge in [0.15, 0.2) is 6.04 Å². The maximum atomic E-state index is 12.6. The van der Waals surface area contributed by atoms with E-state index < -0.39 is 12.0 Å². The number of carboxylic acids is 1. The molecular weight excluding hydrogens is 306 g/mol. The minimum Gasteiger partial charge on any atom is -0.479 e. The molecule has 2 heterocycles. The van der Waals surface area contributed by atoms with Gasteiger partial charge in [0.2, 0.25) is 0 Å². The second-order valence-corrected chi connectivity index (χ2v) is 6.35. The van der Waals surface area contributed by atoms with E-state index in [1.807, 2.05) is 24.6 Å². The molecule has 0 fully saturated rings. The van der Waals surface area contributed by atoms with Gasteiger partial charge in [0.25, 0.3) is 5.91 Å². The lowest BCUT2D eigenvalue weighted by Gasteiger charge is -2.18. The van der Waals surface area contributed by atoms with Gasteiger partial charge < -0.3 is 10.4 Å². The summed E-state index contributed by atoms with van der Waals surface area (Å²) in [6.07, 6.45) is 4.40. The molecule has 6 nitrogen and oxygen atoms in total. The number of benzene rings is 1. The quantitative estimate of drug-likeness (QED) is 0.903. The van der Waals surface area contributed by atoms with Gasteiger partial charge in [-0.1, -0.05) is 29.3 Å². The summed E-state index contributed by atoms with van der Waals surface area (Å²) in [6.45, 7) is 4.62. The van der Waals surface area contributed by atoms with E-state index in [2.05, 4.69) is 10.4 Å². The summed E-state index contributed by atoms with van der Waals surface area (Å²) in [5.41, 5.74) is 3.88. The van der Waals surface area contributed by atoms with E-state index in [1.54, 1.807) is 12.1 Å². The Hall–Kier alpha value is -2.63. The van der Waals surface area contributed by atoms with Gasteiger partial charge in [-0.2, -0.15) is 5.10 Å². The fourth-order valence-corrected chi connectivity index (χ4v) is 3.28. The van der Waals surface area contributed by atoms with Crippen LogP contribution in [0.25, 0.3) is 0 Å². The minimum atomic E-state index is -1.07. The second kappa shape index (κ2) is 6.47. The lowest BCUT2D eigenvalue weighted by molar-refractivity contribution is -0.139. The molecule has 1 aliphatic heterocycles. The van der Waals surface area contributed by atoms with Gasteiger partial charge in [0.05, 0.1) is 17.5 Å². The molecule has 1 unspecified atom stereocenters. The first kappa shape index (κ1) is 16.2. The van der Waals surface area contributed by atoms with Crippen molar-refractivity contribution in [2.75, 3.05) is 0 Å². The lowest BCUT2D eigenvalue weighted by atomic mass is 10.0. The Morgan fingerprint density at radius 1 is 1.21 bits per heavy atom. The summed E-state index contributed by atoms with van der Waals surface area (Å²) < 4.78 is 1.84. The molecule has 126 valence electrons. The molecule has 24 heavy (non-hydrogen) atoms. The number of fused-ring (bicyclic) bond motifs is 1. The Morgan fingerprint density at radius 3 is 2.58 bits per heavy atom. The molecule has 1 aromatic heterocycles. The molecule has 1 aliphatic rings. The fourth-order valence-electron chi connectivity index (χ4n) is 3.28. The maximum Gasteiger partial charge on any atom is 0.330 e. The van der Waals surface area contributed by atoms with Gasteiger partial charge in [0.1, 0.15) is 0 Å². The molecule has 3 rings (SSSR count). The minimum absolute atomic E-state index is 0.385. The molecule has 0 radical (unpaired) electrons. The second-order valence-electron chi connectivity index (χ2n) is 6.35. The molecule has 1 amide bonds. The number of nitrogens with one attached hydrogen (secondary N) is 1. The summed E-state index contributed by atoms with van der Waals surface area (Å²) in [7, 11) is 0. The molecule has 1 aromatic carbocycles. The number of carboxylic acid groups (broad SMARTS) is 1. The highest BCUT2D eigenvalue weighted by molar-refractivity contribution is 5.97. The van der Waals surface area contributed by atoms with E-state index in [4.69, 9.17) is 0 Å². The van der Waals surface area contributed by atoms with Crippen LogP contribution in [0.15, 0.2) is 24.4 Å². The van der Waals surface area contributed by atoms with Crippen molar-refractivity contribution in [1.29, 1.82) is 0 Å². The number of aliphatic carboxylic acids is 1. The molecule has 1 atom stereocenters. The average molecular weight is 327 g/mol. The number of aryl methyl sites for hydroxylation is 3. The van der Waals surface area contributed by atoms with Crippen molar-refractivity contribution in [3.63, 3.8) is 0 Å². The van der Waals surface area contributed by atoms with E-state index >= 15 is 0 Å². The Labute approximate surface area is 140 Å². The van der Waals surface area contributed by atoms with Gasteiger partial charge in [0, 0.05) is 6.54 Å². The largest absolute Gasteiger partial charge is 0.479 e. The van der Waals surface area contributed by atoms with Crippen molar-refractivity contribution in [2.45, 2.75) is 45.7 Å². The third-order valence-electron chi connectivity index (χ3n) is 4.33. The average Bonchev–Trinajstić information content (AvgIpc) is 2.95. The fraction of sp³-hybridized carbons (Fsp3) is 0.389. The summed E-state index contributed by atoms with van der Waals surface area (Å²) in [4.78, 5) is 24.3. The number of amides is 1. The van der Waals surface area contributed by atoms with Crippen LogP contribution in [0.4, 0.5) is 0 Å². The van der Waals surface area contributed by atoms with E-state index in [9.17, 15) is 14.7 Å². The highest BCUT2D eigenvalue weighted by Gasteiger charge is 2.26. The molecule has 0 aliphatic carbocycles. The highest BCUT2D eigenvalue weighted by atomic mass is 16.4. The van der Waals surface area contributed by atoms with Crippen LogP contribution in [0.1, 0.15) is 51.6 Å². The van der Waals surface area contributed by atoms with Crippen LogP contribution in [-0.2, 0) is 17.8 Å². The third kappa shape index (κ3) is 3.18. The van der Waals surface area contributed by atoms with E-state index in [-0.39, 0.29) is 5.91 Å². The van der Waals surface area contributed by atoms with Crippen LogP contribution in [0.2, 0.25) is 0 Å². The van der Waals surface area contributed by atoms with Gasteiger partial charge in [-0.05, 0) is 38.7 Å². The maximum absolute atomic E-state index is 12.6. The number of aromatic nitrogens is 2. The molecule has 2 aromatic rings. The highest BCUT2D eigenvalue weighted by Crippen LogP contribution is 2.21. The Kier molecular flexibility index (Phi) is 4.38. The van der Waals surface area contributed by atoms with Gasteiger partial charge in [-0.15, -0.1) is 0 Å². The summed E-state index contributed by atoms with van der Waals surface area (Å²) in [5.74, 6) is -1.46. The Balaban J connectivity index is 1.87. The van der Waals surface area contributed by atoms with Crippen molar-refractivity contribution in [3.8, 4) is 0 Å². The third-order valence-corrected chi connectivity index (χ3v) is 4.33. The molecule has 0 spiro atoms. The van der Waals surface area contributed by atoms with Crippen molar-refractivity contribution in [1.82, 2.24) is 15.1 Å². The SMILES string of the molecule is Cc1cc(C)cc(C(NC(=O)c2cnn3c2CCCC3)C(=O)O)c1. The zero-order valence-corrected chi connectivity index (χ0v) is 13.9. The molecular formula is C18H21N3O3. The molecule has 0 saturated heterocycles. The number of carbonyl (C=O) groups is 2. The van der Waals surface area contributed by atoms with Crippen LogP contribution in [0, 0.1) is 13.8 Å². The topological polar surface area (TPSA) is 84.2 Å². The van der Waals surface area contributed by atoms with Crippen molar-refractivity contribution in [3.05, 3.63) is 52.3 Å². The van der Waals surface area contributed by atoms with Gasteiger partial charge in [-0.3, -0.25) is 9.48 Å². The van der Waals surface area contributed by atoms with E-state index in [1.165, 1.54) is 6.20 Å². The normalized spacial score (nSPS) is 14.8. The standard InChI is InChI=1S/C18H21N3O3/c1-11-7-12(2)9-13(8-11)16(18(23)24)20-17(22)14-10-19-21-6-4-3-5-15(14)21/h7-10,16H,3-6H2,1-2H3,(H,20,22)(H,23,24). The zero-order chi connectivity index (χ0) is 17.3. The first-order valence-electron chi connectivity index (χ1n) is 8.12. The summed E-state index contributed by atoms with van der Waals surface area (Å²) in [6, 6.07) is 4.48. The van der Waals surface area contributed by atoms with Crippen molar-refractivity contribution < 1.29 is 14.7 Å².